The molecule has 0 atom stereocenters. The van der Waals surface area contributed by atoms with Gasteiger partial charge in [0.05, 0.1) is 28.7 Å². The number of nitrogens with zero attached hydrogens (tertiary/aromatic N) is 1. The second-order valence-corrected chi connectivity index (χ2v) is 12.4. The van der Waals surface area contributed by atoms with Gasteiger partial charge in [-0.1, -0.05) is 39.0 Å². The van der Waals surface area contributed by atoms with E-state index in [1.54, 1.807) is 38.1 Å². The average molecular weight is 467 g/mol. The van der Waals surface area contributed by atoms with Gasteiger partial charge >= 0.3 is 0 Å². The van der Waals surface area contributed by atoms with Gasteiger partial charge in [-0.05, 0) is 54.2 Å². The first-order valence-corrected chi connectivity index (χ1v) is 13.1. The molecule has 1 saturated heterocycles. The summed E-state index contributed by atoms with van der Waals surface area (Å²) in [5.74, 6) is 0. The minimum atomic E-state index is -3.91. The van der Waals surface area contributed by atoms with Gasteiger partial charge in [0.1, 0.15) is 0 Å². The van der Waals surface area contributed by atoms with E-state index in [4.69, 9.17) is 4.74 Å². The lowest BCUT2D eigenvalue weighted by molar-refractivity contribution is 0.0730. The Morgan fingerprint density at radius 2 is 1.45 bits per heavy atom. The Morgan fingerprint density at radius 1 is 0.871 bits per heavy atom. The van der Waals surface area contributed by atoms with Gasteiger partial charge in [-0.25, -0.2) is 16.8 Å². The number of ether oxygens (including phenoxy) is 1. The molecule has 0 aromatic heterocycles. The molecule has 0 radical (unpaired) electrons. The number of hydrogen-bond acceptors (Lipinski definition) is 5. The van der Waals surface area contributed by atoms with Gasteiger partial charge in [0.15, 0.2) is 0 Å². The van der Waals surface area contributed by atoms with E-state index >= 15 is 0 Å². The fourth-order valence-electron chi connectivity index (χ4n) is 3.43. The summed E-state index contributed by atoms with van der Waals surface area (Å²) in [5.41, 5.74) is 2.08. The predicted molar refractivity (Wildman–Crippen MR) is 121 cm³/mol. The number of nitrogens with one attached hydrogen (secondary N) is 1. The highest BCUT2D eigenvalue weighted by atomic mass is 32.2. The Bertz CT molecular complexity index is 1180. The summed E-state index contributed by atoms with van der Waals surface area (Å²) >= 11 is 0. The highest BCUT2D eigenvalue weighted by Crippen LogP contribution is 2.29. The summed E-state index contributed by atoms with van der Waals surface area (Å²) in [6, 6.07) is 9.97. The van der Waals surface area contributed by atoms with Crippen LogP contribution in [0.2, 0.25) is 0 Å². The van der Waals surface area contributed by atoms with Crippen molar-refractivity contribution in [3.8, 4) is 0 Å². The van der Waals surface area contributed by atoms with E-state index in [0.717, 1.165) is 5.56 Å². The smallest absolute Gasteiger partial charge is 0.262 e. The minimum absolute atomic E-state index is 0.0924. The second kappa shape index (κ2) is 8.54. The SMILES string of the molecule is Cc1ccc(C(C)(C)C)cc1S(=O)(=O)Nc1ccc(C)c(S(=O)(=O)N2CCOCC2)c1. The number of sulfonamides is 2. The molecule has 2 aromatic carbocycles. The molecule has 0 unspecified atom stereocenters. The molecule has 1 fully saturated rings. The first-order chi connectivity index (χ1) is 14.3. The molecule has 170 valence electrons. The van der Waals surface area contributed by atoms with Crippen LogP contribution in [0.25, 0.3) is 0 Å². The maximum absolute atomic E-state index is 13.2. The fraction of sp³-hybridized carbons (Fsp3) is 0.455. The number of aryl methyl sites for hydroxylation is 2. The zero-order valence-corrected chi connectivity index (χ0v) is 20.2. The lowest BCUT2D eigenvalue weighted by atomic mass is 9.87. The fourth-order valence-corrected chi connectivity index (χ4v) is 6.41. The van der Waals surface area contributed by atoms with Crippen molar-refractivity contribution in [3.05, 3.63) is 53.1 Å². The first kappa shape index (κ1) is 23.7. The molecule has 0 saturated carbocycles. The standard InChI is InChI=1S/C22H30N2O5S2/c1-16-6-8-18(22(3,4)5)14-20(16)30(25,26)23-19-9-7-17(2)21(15-19)31(27,28)24-10-12-29-13-11-24/h6-9,14-15,23H,10-13H2,1-5H3. The lowest BCUT2D eigenvalue weighted by Gasteiger charge is -2.27. The highest BCUT2D eigenvalue weighted by Gasteiger charge is 2.29. The van der Waals surface area contributed by atoms with Crippen LogP contribution in [-0.4, -0.2) is 47.4 Å². The third-order valence-corrected chi connectivity index (χ3v) is 8.94. The van der Waals surface area contributed by atoms with Crippen molar-refractivity contribution < 1.29 is 21.6 Å². The summed E-state index contributed by atoms with van der Waals surface area (Å²) < 4.78 is 61.7. The molecule has 0 amide bonds. The third-order valence-electron chi connectivity index (χ3n) is 5.37. The molecule has 1 aliphatic heterocycles. The van der Waals surface area contributed by atoms with Gasteiger partial charge in [-0.3, -0.25) is 4.72 Å². The van der Waals surface area contributed by atoms with Crippen LogP contribution < -0.4 is 4.72 Å². The van der Waals surface area contributed by atoms with E-state index in [1.165, 1.54) is 10.4 Å². The third kappa shape index (κ3) is 5.11. The first-order valence-electron chi connectivity index (χ1n) is 10.1. The van der Waals surface area contributed by atoms with Gasteiger partial charge in [-0.15, -0.1) is 0 Å². The van der Waals surface area contributed by atoms with Crippen LogP contribution in [0.3, 0.4) is 0 Å². The summed E-state index contributed by atoms with van der Waals surface area (Å²) in [6.45, 7) is 10.7. The number of morpholine rings is 1. The Labute approximate surface area is 185 Å². The van der Waals surface area contributed by atoms with Crippen LogP contribution >= 0.6 is 0 Å². The molecule has 7 nitrogen and oxygen atoms in total. The summed E-state index contributed by atoms with van der Waals surface area (Å²) in [5, 5.41) is 0. The number of anilines is 1. The molecular weight excluding hydrogens is 436 g/mol. The van der Waals surface area contributed by atoms with Crippen LogP contribution in [0.1, 0.15) is 37.5 Å². The maximum atomic E-state index is 13.2. The molecule has 2 aromatic rings. The van der Waals surface area contributed by atoms with Gasteiger partial charge in [0, 0.05) is 13.1 Å². The van der Waals surface area contributed by atoms with Gasteiger partial charge in [0.25, 0.3) is 10.0 Å². The van der Waals surface area contributed by atoms with Crippen LogP contribution in [0.4, 0.5) is 5.69 Å². The molecule has 0 aliphatic carbocycles. The van der Waals surface area contributed by atoms with E-state index in [-0.39, 0.29) is 34.0 Å². The van der Waals surface area contributed by atoms with Crippen molar-refractivity contribution in [1.29, 1.82) is 0 Å². The number of hydrogen-bond donors (Lipinski definition) is 1. The summed E-state index contributed by atoms with van der Waals surface area (Å²) in [6.07, 6.45) is 0. The van der Waals surface area contributed by atoms with Crippen molar-refractivity contribution in [2.75, 3.05) is 31.0 Å². The second-order valence-electron chi connectivity index (χ2n) is 8.83. The van der Waals surface area contributed by atoms with Crippen molar-refractivity contribution >= 4 is 25.7 Å². The summed E-state index contributed by atoms with van der Waals surface area (Å²) in [4.78, 5) is 0.271. The van der Waals surface area contributed by atoms with Gasteiger partial charge < -0.3 is 4.74 Å². The van der Waals surface area contributed by atoms with E-state index in [0.29, 0.717) is 24.3 Å². The van der Waals surface area contributed by atoms with Gasteiger partial charge in [-0.2, -0.15) is 4.31 Å². The quantitative estimate of drug-likeness (QED) is 0.729. The molecule has 1 aliphatic rings. The molecule has 1 N–H and O–H groups in total. The highest BCUT2D eigenvalue weighted by molar-refractivity contribution is 7.92. The van der Waals surface area contributed by atoms with Crippen molar-refractivity contribution in [2.24, 2.45) is 0 Å². The molecule has 3 rings (SSSR count). The van der Waals surface area contributed by atoms with Crippen LogP contribution in [0.5, 0.6) is 0 Å². The number of benzene rings is 2. The van der Waals surface area contributed by atoms with Crippen LogP contribution in [-0.2, 0) is 30.2 Å². The molecule has 31 heavy (non-hydrogen) atoms. The number of rotatable bonds is 5. The zero-order valence-electron chi connectivity index (χ0n) is 18.6. The maximum Gasteiger partial charge on any atom is 0.262 e. The van der Waals surface area contributed by atoms with Crippen LogP contribution in [0.15, 0.2) is 46.2 Å². The van der Waals surface area contributed by atoms with Crippen LogP contribution in [0, 0.1) is 13.8 Å². The Kier molecular flexibility index (Phi) is 6.53. The van der Waals surface area contributed by atoms with Crippen molar-refractivity contribution in [1.82, 2.24) is 4.31 Å². The summed E-state index contributed by atoms with van der Waals surface area (Å²) in [7, 11) is -7.66. The van der Waals surface area contributed by atoms with E-state index in [1.807, 2.05) is 26.8 Å². The average Bonchev–Trinajstić information content (AvgIpc) is 2.69. The Hall–Kier alpha value is -1.94. The Morgan fingerprint density at radius 3 is 2.06 bits per heavy atom. The molecule has 1 heterocycles. The topological polar surface area (TPSA) is 92.8 Å². The monoisotopic (exact) mass is 466 g/mol. The van der Waals surface area contributed by atoms with Crippen molar-refractivity contribution in [2.45, 2.75) is 49.8 Å². The largest absolute Gasteiger partial charge is 0.379 e. The zero-order chi connectivity index (χ0) is 23.0. The van der Waals surface area contributed by atoms with E-state index < -0.39 is 20.0 Å². The Balaban J connectivity index is 1.97. The minimum Gasteiger partial charge on any atom is -0.379 e. The lowest BCUT2D eigenvalue weighted by Crippen LogP contribution is -2.40. The van der Waals surface area contributed by atoms with Crippen molar-refractivity contribution in [3.63, 3.8) is 0 Å². The molecular formula is C22H30N2O5S2. The van der Waals surface area contributed by atoms with Gasteiger partial charge in [0.2, 0.25) is 10.0 Å². The normalized spacial score (nSPS) is 16.3. The molecule has 0 spiro atoms. The molecule has 0 bridgehead atoms. The predicted octanol–water partition coefficient (Wildman–Crippen LogP) is 3.42. The van der Waals surface area contributed by atoms with E-state index in [2.05, 4.69) is 4.72 Å². The molecule has 9 heteroatoms. The van der Waals surface area contributed by atoms with E-state index in [9.17, 15) is 16.8 Å².